The molecule has 0 spiro atoms. The number of alkyl halides is 3. The minimum Gasteiger partial charge on any atom is -0.406 e. The lowest BCUT2D eigenvalue weighted by Crippen LogP contribution is -2.49. The van der Waals surface area contributed by atoms with Gasteiger partial charge < -0.3 is 15.2 Å². The monoisotopic (exact) mass is 332 g/mol. The van der Waals surface area contributed by atoms with E-state index in [0.29, 0.717) is 0 Å². The number of nitrogens with zero attached hydrogens (tertiary/aromatic N) is 1. The van der Waals surface area contributed by atoms with Crippen LogP contribution in [0.4, 0.5) is 13.2 Å². The molecule has 1 aliphatic rings. The molecule has 0 bridgehead atoms. The second-order valence-electron chi connectivity index (χ2n) is 6.45. The summed E-state index contributed by atoms with van der Waals surface area (Å²) in [5.41, 5.74) is 0.462. The zero-order valence-electron chi connectivity index (χ0n) is 13.4. The maximum atomic E-state index is 12.3. The SMILES string of the molecule is CC(C)(CO)[C@H](c1ccc(OC(F)(F)F)cc1)N1CCNCC1. The molecule has 0 radical (unpaired) electrons. The van der Waals surface area contributed by atoms with Crippen LogP contribution in [0.15, 0.2) is 24.3 Å². The first kappa shape index (κ1) is 18.0. The van der Waals surface area contributed by atoms with Gasteiger partial charge in [0, 0.05) is 44.2 Å². The molecule has 2 rings (SSSR count). The van der Waals surface area contributed by atoms with E-state index in [0.717, 1.165) is 31.7 Å². The summed E-state index contributed by atoms with van der Waals surface area (Å²) in [6, 6.07) is 5.86. The topological polar surface area (TPSA) is 44.7 Å². The van der Waals surface area contributed by atoms with Crippen LogP contribution in [0.5, 0.6) is 5.75 Å². The number of aliphatic hydroxyl groups is 1. The van der Waals surface area contributed by atoms with Gasteiger partial charge in [-0.25, -0.2) is 0 Å². The molecular weight excluding hydrogens is 309 g/mol. The lowest BCUT2D eigenvalue weighted by atomic mass is 9.79. The first-order chi connectivity index (χ1) is 10.7. The van der Waals surface area contributed by atoms with Gasteiger partial charge in [0.15, 0.2) is 0 Å². The van der Waals surface area contributed by atoms with E-state index in [9.17, 15) is 18.3 Å². The quantitative estimate of drug-likeness (QED) is 0.870. The maximum Gasteiger partial charge on any atom is 0.573 e. The normalized spacial score (nSPS) is 18.7. The highest BCUT2D eigenvalue weighted by molar-refractivity contribution is 5.30. The minimum atomic E-state index is -4.69. The van der Waals surface area contributed by atoms with Gasteiger partial charge in [0.05, 0.1) is 0 Å². The van der Waals surface area contributed by atoms with Crippen molar-refractivity contribution in [3.8, 4) is 5.75 Å². The summed E-state index contributed by atoms with van der Waals surface area (Å²) >= 11 is 0. The number of halogens is 3. The zero-order chi connectivity index (χ0) is 17.1. The molecule has 1 aromatic carbocycles. The Kier molecular flexibility index (Phi) is 5.54. The molecule has 7 heteroatoms. The highest BCUT2D eigenvalue weighted by atomic mass is 19.4. The maximum absolute atomic E-state index is 12.3. The molecule has 1 atom stereocenters. The molecule has 1 fully saturated rings. The molecule has 130 valence electrons. The minimum absolute atomic E-state index is 0.0115. The predicted molar refractivity (Wildman–Crippen MR) is 81.2 cm³/mol. The van der Waals surface area contributed by atoms with Crippen molar-refractivity contribution in [2.45, 2.75) is 26.3 Å². The van der Waals surface area contributed by atoms with Crippen molar-refractivity contribution in [2.24, 2.45) is 5.41 Å². The number of nitrogens with one attached hydrogen (secondary N) is 1. The van der Waals surface area contributed by atoms with Gasteiger partial charge in [0.2, 0.25) is 0 Å². The highest BCUT2D eigenvalue weighted by Crippen LogP contribution is 2.39. The molecule has 0 aromatic heterocycles. The third-order valence-corrected chi connectivity index (χ3v) is 4.09. The van der Waals surface area contributed by atoms with Gasteiger partial charge in [-0.1, -0.05) is 26.0 Å². The fourth-order valence-corrected chi connectivity index (χ4v) is 3.03. The average Bonchev–Trinajstić information content (AvgIpc) is 2.49. The Bertz CT molecular complexity index is 497. The van der Waals surface area contributed by atoms with Gasteiger partial charge in [-0.15, -0.1) is 13.2 Å². The molecule has 4 nitrogen and oxygen atoms in total. The highest BCUT2D eigenvalue weighted by Gasteiger charge is 2.36. The molecule has 23 heavy (non-hydrogen) atoms. The molecule has 0 amide bonds. The van der Waals surface area contributed by atoms with Crippen molar-refractivity contribution in [3.63, 3.8) is 0 Å². The van der Waals surface area contributed by atoms with Crippen molar-refractivity contribution in [3.05, 3.63) is 29.8 Å². The fourth-order valence-electron chi connectivity index (χ4n) is 3.03. The third kappa shape index (κ3) is 4.83. The van der Waals surface area contributed by atoms with Crippen LogP contribution >= 0.6 is 0 Å². The van der Waals surface area contributed by atoms with Crippen LogP contribution in [0.2, 0.25) is 0 Å². The Hall–Kier alpha value is -1.31. The van der Waals surface area contributed by atoms with Gasteiger partial charge in [-0.05, 0) is 17.7 Å². The van der Waals surface area contributed by atoms with E-state index in [1.807, 2.05) is 13.8 Å². The summed E-state index contributed by atoms with van der Waals surface area (Å²) in [4.78, 5) is 2.26. The van der Waals surface area contributed by atoms with Gasteiger partial charge in [-0.2, -0.15) is 0 Å². The number of piperazine rings is 1. The van der Waals surface area contributed by atoms with E-state index in [1.165, 1.54) is 12.1 Å². The summed E-state index contributed by atoms with van der Waals surface area (Å²) in [6.45, 7) is 7.27. The summed E-state index contributed by atoms with van der Waals surface area (Å²) in [5, 5.41) is 13.0. The number of rotatable bonds is 5. The number of hydrogen-bond acceptors (Lipinski definition) is 4. The van der Waals surface area contributed by atoms with E-state index in [4.69, 9.17) is 0 Å². The van der Waals surface area contributed by atoms with Gasteiger partial charge in [-0.3, -0.25) is 4.90 Å². The van der Waals surface area contributed by atoms with Crippen LogP contribution in [-0.2, 0) is 0 Å². The Balaban J connectivity index is 2.24. The first-order valence-electron chi connectivity index (χ1n) is 7.64. The van der Waals surface area contributed by atoms with E-state index in [2.05, 4.69) is 15.0 Å². The van der Waals surface area contributed by atoms with Crippen molar-refractivity contribution in [1.29, 1.82) is 0 Å². The van der Waals surface area contributed by atoms with Crippen LogP contribution < -0.4 is 10.1 Å². The zero-order valence-corrected chi connectivity index (χ0v) is 13.4. The molecule has 1 aliphatic heterocycles. The van der Waals surface area contributed by atoms with Gasteiger partial charge in [0.1, 0.15) is 5.75 Å². The second-order valence-corrected chi connectivity index (χ2v) is 6.45. The lowest BCUT2D eigenvalue weighted by Gasteiger charge is -2.43. The molecule has 0 saturated carbocycles. The average molecular weight is 332 g/mol. The standard InChI is InChI=1S/C16H23F3N2O2/c1-15(2,11-22)14(21-9-7-20-8-10-21)12-3-5-13(6-4-12)23-16(17,18)19/h3-6,14,20,22H,7-11H2,1-2H3/t14-/m0/s1. The number of ether oxygens (including phenoxy) is 1. The number of benzene rings is 1. The number of aliphatic hydroxyl groups excluding tert-OH is 1. The molecular formula is C16H23F3N2O2. The Morgan fingerprint density at radius 2 is 1.74 bits per heavy atom. The van der Waals surface area contributed by atoms with Crippen LogP contribution in [0.3, 0.4) is 0 Å². The predicted octanol–water partition coefficient (Wildman–Crippen LogP) is 2.55. The summed E-state index contributed by atoms with van der Waals surface area (Å²) in [7, 11) is 0. The molecule has 2 N–H and O–H groups in total. The molecule has 1 saturated heterocycles. The van der Waals surface area contributed by atoms with Crippen molar-refractivity contribution in [2.75, 3.05) is 32.8 Å². The van der Waals surface area contributed by atoms with E-state index in [-0.39, 0.29) is 18.4 Å². The van der Waals surface area contributed by atoms with Crippen LogP contribution in [0.1, 0.15) is 25.5 Å². The third-order valence-electron chi connectivity index (χ3n) is 4.09. The second kappa shape index (κ2) is 7.07. The Labute approximate surface area is 134 Å². The summed E-state index contributed by atoms with van der Waals surface area (Å²) in [6.07, 6.45) is -4.69. The Morgan fingerprint density at radius 1 is 1.17 bits per heavy atom. The van der Waals surface area contributed by atoms with Crippen molar-refractivity contribution < 1.29 is 23.0 Å². The van der Waals surface area contributed by atoms with Crippen LogP contribution in [0.25, 0.3) is 0 Å². The molecule has 1 heterocycles. The van der Waals surface area contributed by atoms with Crippen LogP contribution in [-0.4, -0.2) is 49.2 Å². The fraction of sp³-hybridized carbons (Fsp3) is 0.625. The van der Waals surface area contributed by atoms with Crippen LogP contribution in [0, 0.1) is 5.41 Å². The number of hydrogen-bond donors (Lipinski definition) is 2. The Morgan fingerprint density at radius 3 is 2.22 bits per heavy atom. The molecule has 1 aromatic rings. The lowest BCUT2D eigenvalue weighted by molar-refractivity contribution is -0.274. The van der Waals surface area contributed by atoms with E-state index < -0.39 is 11.8 Å². The van der Waals surface area contributed by atoms with Crippen molar-refractivity contribution >= 4 is 0 Å². The summed E-state index contributed by atoms with van der Waals surface area (Å²) < 4.78 is 40.7. The molecule has 0 aliphatic carbocycles. The van der Waals surface area contributed by atoms with E-state index >= 15 is 0 Å². The smallest absolute Gasteiger partial charge is 0.406 e. The van der Waals surface area contributed by atoms with Gasteiger partial charge in [0.25, 0.3) is 0 Å². The van der Waals surface area contributed by atoms with Gasteiger partial charge >= 0.3 is 6.36 Å². The summed E-state index contributed by atoms with van der Waals surface area (Å²) in [5.74, 6) is -0.234. The molecule has 0 unspecified atom stereocenters. The first-order valence-corrected chi connectivity index (χ1v) is 7.64. The van der Waals surface area contributed by atoms with Crippen molar-refractivity contribution in [1.82, 2.24) is 10.2 Å². The largest absolute Gasteiger partial charge is 0.573 e. The van der Waals surface area contributed by atoms with E-state index in [1.54, 1.807) is 12.1 Å².